The van der Waals surface area contributed by atoms with Crippen molar-refractivity contribution in [1.82, 2.24) is 5.32 Å². The largest absolute Gasteiger partial charge is 0.383 e. The van der Waals surface area contributed by atoms with Gasteiger partial charge in [0, 0.05) is 19.2 Å². The van der Waals surface area contributed by atoms with E-state index in [1.165, 1.54) is 6.07 Å². The normalized spacial score (nSPS) is 14.8. The second kappa shape index (κ2) is 7.22. The van der Waals surface area contributed by atoms with Crippen LogP contribution in [0.25, 0.3) is 0 Å². The highest BCUT2D eigenvalue weighted by Crippen LogP contribution is 2.22. The number of halogens is 2. The smallest absolute Gasteiger partial charge is 0.137 e. The average Bonchev–Trinajstić information content (AvgIpc) is 2.31. The number of methoxy groups -OCH3 is 1. The number of nitrogens with one attached hydrogen (secondary N) is 1. The fraction of sp³-hybridized carbons (Fsp3) is 0.571. The minimum atomic E-state index is -0.233. The van der Waals surface area contributed by atoms with Crippen molar-refractivity contribution >= 4 is 15.9 Å². The lowest BCUT2D eigenvalue weighted by Gasteiger charge is -2.26. The molecule has 0 amide bonds. The van der Waals surface area contributed by atoms with Gasteiger partial charge in [-0.15, -0.1) is 0 Å². The number of ether oxygens (including phenoxy) is 1. The van der Waals surface area contributed by atoms with Crippen molar-refractivity contribution in [3.8, 4) is 0 Å². The molecule has 18 heavy (non-hydrogen) atoms. The summed E-state index contributed by atoms with van der Waals surface area (Å²) in [4.78, 5) is 0. The summed E-state index contributed by atoms with van der Waals surface area (Å²) >= 11 is 3.21. The molecule has 2 unspecified atom stereocenters. The number of rotatable bonds is 6. The van der Waals surface area contributed by atoms with Crippen molar-refractivity contribution in [3.05, 3.63) is 34.1 Å². The lowest BCUT2D eigenvalue weighted by atomic mass is 10.0. The highest BCUT2D eigenvalue weighted by molar-refractivity contribution is 9.10. The molecule has 2 nitrogen and oxygen atoms in total. The molecule has 0 aromatic heterocycles. The Balaban J connectivity index is 2.73. The van der Waals surface area contributed by atoms with Gasteiger partial charge in [-0.25, -0.2) is 4.39 Å². The Morgan fingerprint density at radius 1 is 1.33 bits per heavy atom. The third-order valence-electron chi connectivity index (χ3n) is 3.06. The zero-order chi connectivity index (χ0) is 13.7. The van der Waals surface area contributed by atoms with Crippen molar-refractivity contribution in [1.29, 1.82) is 0 Å². The molecule has 1 aromatic rings. The molecule has 0 fully saturated rings. The van der Waals surface area contributed by atoms with E-state index in [1.54, 1.807) is 7.11 Å². The number of hydrogen-bond donors (Lipinski definition) is 1. The van der Waals surface area contributed by atoms with Gasteiger partial charge in [0.25, 0.3) is 0 Å². The van der Waals surface area contributed by atoms with Crippen LogP contribution in [0.2, 0.25) is 0 Å². The summed E-state index contributed by atoms with van der Waals surface area (Å²) in [7, 11) is 1.70. The van der Waals surface area contributed by atoms with Crippen molar-refractivity contribution in [2.45, 2.75) is 32.9 Å². The summed E-state index contributed by atoms with van der Waals surface area (Å²) in [5.74, 6) is 0.250. The van der Waals surface area contributed by atoms with Gasteiger partial charge in [0.2, 0.25) is 0 Å². The molecule has 0 aliphatic rings. The Morgan fingerprint density at radius 3 is 2.50 bits per heavy atom. The molecule has 0 heterocycles. The molecule has 0 saturated carbocycles. The fourth-order valence-electron chi connectivity index (χ4n) is 1.81. The van der Waals surface area contributed by atoms with E-state index >= 15 is 0 Å². The molecule has 0 aliphatic carbocycles. The molecule has 0 bridgehead atoms. The predicted molar refractivity (Wildman–Crippen MR) is 76.2 cm³/mol. The van der Waals surface area contributed by atoms with E-state index in [2.05, 4.69) is 42.0 Å². The van der Waals surface area contributed by atoms with Gasteiger partial charge >= 0.3 is 0 Å². The first-order valence-corrected chi connectivity index (χ1v) is 6.95. The standard InChI is InChI=1S/C14H21BrFNO/c1-9(2)14(8-18-4)17-10(3)11-5-6-13(16)12(15)7-11/h5-7,9-10,14,17H,8H2,1-4H3. The lowest BCUT2D eigenvalue weighted by Crippen LogP contribution is -2.39. The topological polar surface area (TPSA) is 21.3 Å². The van der Waals surface area contributed by atoms with E-state index in [0.717, 1.165) is 5.56 Å². The zero-order valence-corrected chi connectivity index (χ0v) is 12.9. The molecule has 1 N–H and O–H groups in total. The summed E-state index contributed by atoms with van der Waals surface area (Å²) in [6.45, 7) is 7.06. The van der Waals surface area contributed by atoms with Crippen LogP contribution in [-0.2, 0) is 4.74 Å². The van der Waals surface area contributed by atoms with Crippen LogP contribution in [0.4, 0.5) is 4.39 Å². The molecule has 0 spiro atoms. The SMILES string of the molecule is COCC(NC(C)c1ccc(F)c(Br)c1)C(C)C. The Bertz CT molecular complexity index is 384. The maximum Gasteiger partial charge on any atom is 0.137 e. The Hall–Kier alpha value is -0.450. The maximum atomic E-state index is 13.2. The summed E-state index contributed by atoms with van der Waals surface area (Å²) in [6.07, 6.45) is 0. The van der Waals surface area contributed by atoms with E-state index in [0.29, 0.717) is 17.0 Å². The Kier molecular flexibility index (Phi) is 6.26. The molecular formula is C14H21BrFNO. The average molecular weight is 318 g/mol. The van der Waals surface area contributed by atoms with Gasteiger partial charge in [0.1, 0.15) is 5.82 Å². The van der Waals surface area contributed by atoms with Gasteiger partial charge in [-0.05, 0) is 46.5 Å². The van der Waals surface area contributed by atoms with E-state index in [9.17, 15) is 4.39 Å². The Labute approximate surface area is 117 Å². The molecule has 2 atom stereocenters. The molecule has 0 radical (unpaired) electrons. The third kappa shape index (κ3) is 4.34. The van der Waals surface area contributed by atoms with E-state index in [4.69, 9.17) is 4.74 Å². The van der Waals surface area contributed by atoms with Crippen molar-refractivity contribution in [2.75, 3.05) is 13.7 Å². The Morgan fingerprint density at radius 2 is 2.00 bits per heavy atom. The van der Waals surface area contributed by atoms with E-state index in [1.807, 2.05) is 12.1 Å². The van der Waals surface area contributed by atoms with Crippen LogP contribution in [0.3, 0.4) is 0 Å². The predicted octanol–water partition coefficient (Wildman–Crippen LogP) is 3.91. The van der Waals surface area contributed by atoms with Crippen LogP contribution in [-0.4, -0.2) is 19.8 Å². The van der Waals surface area contributed by atoms with E-state index in [-0.39, 0.29) is 17.9 Å². The zero-order valence-electron chi connectivity index (χ0n) is 11.3. The summed E-state index contributed by atoms with van der Waals surface area (Å²) in [6, 6.07) is 5.55. The first-order chi connectivity index (χ1) is 8.45. The molecule has 1 aromatic carbocycles. The van der Waals surface area contributed by atoms with Gasteiger partial charge in [0.15, 0.2) is 0 Å². The van der Waals surface area contributed by atoms with Gasteiger partial charge in [0.05, 0.1) is 11.1 Å². The van der Waals surface area contributed by atoms with Gasteiger partial charge in [-0.3, -0.25) is 0 Å². The summed E-state index contributed by atoms with van der Waals surface area (Å²) in [5, 5.41) is 3.51. The third-order valence-corrected chi connectivity index (χ3v) is 3.67. The lowest BCUT2D eigenvalue weighted by molar-refractivity contribution is 0.141. The number of hydrogen-bond acceptors (Lipinski definition) is 2. The summed E-state index contributed by atoms with van der Waals surface area (Å²) < 4.78 is 18.9. The second-order valence-corrected chi connectivity index (χ2v) is 5.72. The van der Waals surface area contributed by atoms with Crippen LogP contribution >= 0.6 is 15.9 Å². The van der Waals surface area contributed by atoms with Crippen LogP contribution in [0, 0.1) is 11.7 Å². The summed E-state index contributed by atoms with van der Waals surface area (Å²) in [5.41, 5.74) is 1.06. The molecule has 1 rings (SSSR count). The first-order valence-electron chi connectivity index (χ1n) is 6.15. The first kappa shape index (κ1) is 15.6. The minimum Gasteiger partial charge on any atom is -0.383 e. The van der Waals surface area contributed by atoms with Crippen molar-refractivity contribution in [2.24, 2.45) is 5.92 Å². The van der Waals surface area contributed by atoms with Crippen molar-refractivity contribution in [3.63, 3.8) is 0 Å². The monoisotopic (exact) mass is 317 g/mol. The minimum absolute atomic E-state index is 0.157. The fourth-order valence-corrected chi connectivity index (χ4v) is 2.21. The van der Waals surface area contributed by atoms with Crippen LogP contribution < -0.4 is 5.32 Å². The van der Waals surface area contributed by atoms with Crippen LogP contribution in [0.15, 0.2) is 22.7 Å². The molecule has 102 valence electrons. The quantitative estimate of drug-likeness (QED) is 0.859. The van der Waals surface area contributed by atoms with Gasteiger partial charge in [-0.2, -0.15) is 0 Å². The van der Waals surface area contributed by atoms with Gasteiger partial charge in [-0.1, -0.05) is 19.9 Å². The van der Waals surface area contributed by atoms with E-state index < -0.39 is 0 Å². The molecular weight excluding hydrogens is 297 g/mol. The molecule has 0 aliphatic heterocycles. The maximum absolute atomic E-state index is 13.2. The highest BCUT2D eigenvalue weighted by Gasteiger charge is 2.17. The second-order valence-electron chi connectivity index (χ2n) is 4.87. The molecule has 0 saturated heterocycles. The van der Waals surface area contributed by atoms with Crippen LogP contribution in [0.5, 0.6) is 0 Å². The molecule has 4 heteroatoms. The number of benzene rings is 1. The van der Waals surface area contributed by atoms with Crippen molar-refractivity contribution < 1.29 is 9.13 Å². The van der Waals surface area contributed by atoms with Gasteiger partial charge < -0.3 is 10.1 Å². The van der Waals surface area contributed by atoms with Crippen LogP contribution in [0.1, 0.15) is 32.4 Å². The highest BCUT2D eigenvalue weighted by atomic mass is 79.9.